The fourth-order valence-corrected chi connectivity index (χ4v) is 3.56. The number of hydrogen-bond acceptors (Lipinski definition) is 5. The van der Waals surface area contributed by atoms with Crippen LogP contribution in [0.4, 0.5) is 33.3 Å². The van der Waals surface area contributed by atoms with Gasteiger partial charge >= 0.3 is 18.3 Å². The predicted octanol–water partition coefficient (Wildman–Crippen LogP) is 6.83. The van der Waals surface area contributed by atoms with Crippen molar-refractivity contribution in [3.63, 3.8) is 0 Å². The number of benzene rings is 3. The summed E-state index contributed by atoms with van der Waals surface area (Å²) in [5.41, 5.74) is 13.8. The Bertz CT molecular complexity index is 1260. The van der Waals surface area contributed by atoms with Crippen LogP contribution in [0.1, 0.15) is 41.5 Å². The van der Waals surface area contributed by atoms with Crippen LogP contribution >= 0.6 is 0 Å². The van der Waals surface area contributed by atoms with E-state index in [-0.39, 0.29) is 24.7 Å². The van der Waals surface area contributed by atoms with Crippen LogP contribution in [0.5, 0.6) is 5.75 Å². The van der Waals surface area contributed by atoms with E-state index in [2.05, 4.69) is 0 Å². The zero-order valence-corrected chi connectivity index (χ0v) is 20.5. The number of halogens is 5. The Balaban J connectivity index is 1.52. The highest BCUT2D eigenvalue weighted by atomic mass is 19.4. The molecule has 1 atom stereocenters. The first-order valence-corrected chi connectivity index (χ1v) is 11.7. The first kappa shape index (κ1) is 28.5. The molecule has 0 radical (unpaired) electrons. The Labute approximate surface area is 216 Å². The van der Waals surface area contributed by atoms with Gasteiger partial charge in [0.1, 0.15) is 5.75 Å². The summed E-state index contributed by atoms with van der Waals surface area (Å²) in [6.07, 6.45) is -6.67. The van der Waals surface area contributed by atoms with Crippen molar-refractivity contribution in [1.82, 2.24) is 0 Å². The summed E-state index contributed by atoms with van der Waals surface area (Å²) in [4.78, 5) is 12.1. The van der Waals surface area contributed by atoms with Gasteiger partial charge in [0.05, 0.1) is 12.2 Å². The van der Waals surface area contributed by atoms with Crippen LogP contribution in [0.3, 0.4) is 0 Å². The minimum Gasteiger partial charge on any atom is -0.462 e. The second-order valence-corrected chi connectivity index (χ2v) is 8.75. The van der Waals surface area contributed by atoms with E-state index in [0.29, 0.717) is 22.5 Å². The Morgan fingerprint density at radius 3 is 2.21 bits per heavy atom. The van der Waals surface area contributed by atoms with Crippen LogP contribution in [0.2, 0.25) is 0 Å². The number of anilines is 2. The molecule has 202 valence electrons. The lowest BCUT2D eigenvalue weighted by atomic mass is 10.00. The van der Waals surface area contributed by atoms with E-state index in [1.807, 2.05) is 6.92 Å². The van der Waals surface area contributed by atoms with Gasteiger partial charge in [-0.2, -0.15) is 22.0 Å². The van der Waals surface area contributed by atoms with Gasteiger partial charge in [0, 0.05) is 29.8 Å². The molecule has 4 N–H and O–H groups in total. The van der Waals surface area contributed by atoms with Gasteiger partial charge in [-0.1, -0.05) is 37.3 Å². The van der Waals surface area contributed by atoms with E-state index in [0.717, 1.165) is 17.7 Å². The standard InChI is InChI=1S/C28H27F5N2O3/c1-18(24-12-9-22(34)16-25(24)35)17-37-26(36)13-6-19-4-10-23(11-5-19)38-28(32,33)21-7-2-20(3-8-21)14-15-27(29,30)31/h2-13,16,18H,14-15,17,34-35H2,1H3/b13-6+. The molecule has 0 fully saturated rings. The molecule has 0 aromatic heterocycles. The zero-order valence-electron chi connectivity index (χ0n) is 20.5. The molecule has 0 saturated heterocycles. The predicted molar refractivity (Wildman–Crippen MR) is 135 cm³/mol. The maximum atomic E-state index is 14.5. The van der Waals surface area contributed by atoms with Gasteiger partial charge in [0.25, 0.3) is 0 Å². The maximum absolute atomic E-state index is 14.5. The third-order valence-corrected chi connectivity index (χ3v) is 5.64. The van der Waals surface area contributed by atoms with Crippen LogP contribution in [0.15, 0.2) is 72.8 Å². The number of hydrogen-bond donors (Lipinski definition) is 2. The molecule has 38 heavy (non-hydrogen) atoms. The first-order valence-electron chi connectivity index (χ1n) is 11.7. The Kier molecular flexibility index (Phi) is 8.98. The molecule has 0 amide bonds. The summed E-state index contributed by atoms with van der Waals surface area (Å²) in [6, 6.07) is 15.2. The highest BCUT2D eigenvalue weighted by Crippen LogP contribution is 2.32. The van der Waals surface area contributed by atoms with Gasteiger partial charge in [0.2, 0.25) is 0 Å². The molecule has 0 saturated carbocycles. The summed E-state index contributed by atoms with van der Waals surface area (Å²) in [5, 5.41) is 0. The fraction of sp³-hybridized carbons (Fsp3) is 0.250. The van der Waals surface area contributed by atoms with Crippen molar-refractivity contribution in [2.75, 3.05) is 18.1 Å². The fourth-order valence-electron chi connectivity index (χ4n) is 3.56. The Morgan fingerprint density at radius 2 is 1.61 bits per heavy atom. The SMILES string of the molecule is CC(COC(=O)/C=C/c1ccc(OC(F)(F)c2ccc(CCC(F)(F)F)cc2)cc1)c1ccc(N)cc1N. The van der Waals surface area contributed by atoms with Crippen molar-refractivity contribution in [1.29, 1.82) is 0 Å². The van der Waals surface area contributed by atoms with Crippen LogP contribution in [0, 0.1) is 0 Å². The average molecular weight is 535 g/mol. The second kappa shape index (κ2) is 12.0. The summed E-state index contributed by atoms with van der Waals surface area (Å²) < 4.78 is 76.1. The smallest absolute Gasteiger partial charge is 0.426 e. The number of ether oxygens (including phenoxy) is 2. The van der Waals surface area contributed by atoms with Gasteiger partial charge in [-0.3, -0.25) is 0 Å². The zero-order chi connectivity index (χ0) is 27.9. The van der Waals surface area contributed by atoms with Gasteiger partial charge in [-0.05, 0) is 65.6 Å². The number of nitrogen functional groups attached to an aromatic ring is 2. The molecule has 1 unspecified atom stereocenters. The molecule has 0 aliphatic heterocycles. The normalized spacial score (nSPS) is 12.9. The van der Waals surface area contributed by atoms with Crippen LogP contribution in [-0.4, -0.2) is 18.8 Å². The maximum Gasteiger partial charge on any atom is 0.426 e. The molecule has 0 bridgehead atoms. The number of carbonyl (C=O) groups is 1. The molecular weight excluding hydrogens is 507 g/mol. The van der Waals surface area contributed by atoms with E-state index in [4.69, 9.17) is 20.9 Å². The van der Waals surface area contributed by atoms with Gasteiger partial charge in [0.15, 0.2) is 0 Å². The van der Waals surface area contributed by atoms with Crippen LogP contribution in [0.25, 0.3) is 6.08 Å². The highest BCUT2D eigenvalue weighted by Gasteiger charge is 2.34. The molecule has 0 spiro atoms. The molecule has 3 aromatic carbocycles. The van der Waals surface area contributed by atoms with Crippen LogP contribution < -0.4 is 16.2 Å². The summed E-state index contributed by atoms with van der Waals surface area (Å²) in [6.45, 7) is 1.96. The number of rotatable bonds is 10. The molecule has 5 nitrogen and oxygen atoms in total. The lowest BCUT2D eigenvalue weighted by molar-refractivity contribution is -0.185. The van der Waals surface area contributed by atoms with Crippen molar-refractivity contribution in [3.8, 4) is 5.75 Å². The van der Waals surface area contributed by atoms with Crippen molar-refractivity contribution in [2.45, 2.75) is 38.0 Å². The summed E-state index contributed by atoms with van der Waals surface area (Å²) in [5.74, 6) is -0.871. The van der Waals surface area contributed by atoms with Crippen molar-refractivity contribution in [2.24, 2.45) is 0 Å². The molecule has 3 rings (SSSR count). The van der Waals surface area contributed by atoms with Crippen molar-refractivity contribution in [3.05, 3.63) is 95.1 Å². The first-order chi connectivity index (χ1) is 17.8. The molecular formula is C28H27F5N2O3. The lowest BCUT2D eigenvalue weighted by Gasteiger charge is -2.18. The average Bonchev–Trinajstić information content (AvgIpc) is 2.85. The second-order valence-electron chi connectivity index (χ2n) is 8.75. The lowest BCUT2D eigenvalue weighted by Crippen LogP contribution is -2.21. The molecule has 10 heteroatoms. The van der Waals surface area contributed by atoms with Crippen molar-refractivity contribution >= 4 is 23.4 Å². The van der Waals surface area contributed by atoms with Gasteiger partial charge in [-0.15, -0.1) is 0 Å². The van der Waals surface area contributed by atoms with Gasteiger partial charge < -0.3 is 20.9 Å². The van der Waals surface area contributed by atoms with E-state index < -0.39 is 30.2 Å². The summed E-state index contributed by atoms with van der Waals surface area (Å²) >= 11 is 0. The number of carbonyl (C=O) groups excluding carboxylic acids is 1. The number of esters is 1. The Hall–Kier alpha value is -4.08. The van der Waals surface area contributed by atoms with Gasteiger partial charge in [-0.25, -0.2) is 4.79 Å². The molecule has 3 aromatic rings. The van der Waals surface area contributed by atoms with E-state index in [1.165, 1.54) is 48.6 Å². The number of aryl methyl sites for hydroxylation is 1. The third kappa shape index (κ3) is 8.50. The topological polar surface area (TPSA) is 87.6 Å². The van der Waals surface area contributed by atoms with Crippen molar-refractivity contribution < 1.29 is 36.2 Å². The Morgan fingerprint density at radius 1 is 0.947 bits per heavy atom. The van der Waals surface area contributed by atoms with E-state index in [1.54, 1.807) is 18.2 Å². The monoisotopic (exact) mass is 534 g/mol. The summed E-state index contributed by atoms with van der Waals surface area (Å²) in [7, 11) is 0. The molecule has 0 heterocycles. The number of nitrogens with two attached hydrogens (primary N) is 2. The minimum absolute atomic E-state index is 0.0997. The van der Waals surface area contributed by atoms with E-state index in [9.17, 15) is 26.7 Å². The minimum atomic E-state index is -4.32. The highest BCUT2D eigenvalue weighted by molar-refractivity contribution is 5.87. The third-order valence-electron chi connectivity index (χ3n) is 5.64. The molecule has 0 aliphatic rings. The quantitative estimate of drug-likeness (QED) is 0.129. The molecule has 0 aliphatic carbocycles. The largest absolute Gasteiger partial charge is 0.462 e. The van der Waals surface area contributed by atoms with E-state index >= 15 is 0 Å². The number of alkyl halides is 5. The van der Waals surface area contributed by atoms with Crippen LogP contribution in [-0.2, 0) is 22.1 Å².